The Hall–Kier alpha value is -3.09. The Labute approximate surface area is 189 Å². The summed E-state index contributed by atoms with van der Waals surface area (Å²) in [5.74, 6) is -3.11. The number of fused-ring (bicyclic) bond motifs is 3. The van der Waals surface area contributed by atoms with Crippen LogP contribution in [-0.4, -0.2) is 6.61 Å². The van der Waals surface area contributed by atoms with E-state index in [1.165, 1.54) is 30.3 Å². The summed E-state index contributed by atoms with van der Waals surface area (Å²) in [4.78, 5) is 0. The van der Waals surface area contributed by atoms with Crippen molar-refractivity contribution in [2.75, 3.05) is 6.61 Å². The molecule has 0 bridgehead atoms. The molecule has 0 heterocycles. The molecule has 0 amide bonds. The van der Waals surface area contributed by atoms with Gasteiger partial charge in [0.25, 0.3) is 0 Å². The fraction of sp³-hybridized carbons (Fsp3) is 0.308. The van der Waals surface area contributed by atoms with Crippen molar-refractivity contribution in [3.8, 4) is 22.6 Å². The average Bonchev–Trinajstić information content (AvgIpc) is 2.79. The SMILES string of the molecule is CCCc1ccc(COc2ccc3c(c2F)C(F)C(F)c2c-3ccc(OCC)c2F)c(F)c1. The Balaban J connectivity index is 1.67. The first-order chi connectivity index (χ1) is 15.9. The molecule has 1 aliphatic carbocycles. The van der Waals surface area contributed by atoms with Crippen molar-refractivity contribution in [3.05, 3.63) is 82.2 Å². The van der Waals surface area contributed by atoms with Gasteiger partial charge in [0, 0.05) is 16.7 Å². The van der Waals surface area contributed by atoms with Gasteiger partial charge < -0.3 is 9.47 Å². The van der Waals surface area contributed by atoms with Crippen LogP contribution >= 0.6 is 0 Å². The van der Waals surface area contributed by atoms with Crippen LogP contribution in [0, 0.1) is 17.5 Å². The Morgan fingerprint density at radius 2 is 1.33 bits per heavy atom. The summed E-state index contributed by atoms with van der Waals surface area (Å²) in [6, 6.07) is 10.0. The van der Waals surface area contributed by atoms with E-state index < -0.39 is 40.9 Å². The standard InChI is InChI=1S/C26H23F5O2/c1-3-5-14-6-7-15(18(27)12-14)13-33-20-11-9-17-16-8-10-19(32-4-2)23(28)21(16)25(30)26(31)22(17)24(20)29/h6-12,25-26H,3-5,13H2,1-2H3. The molecule has 0 radical (unpaired) electrons. The summed E-state index contributed by atoms with van der Waals surface area (Å²) in [5, 5.41) is 0. The summed E-state index contributed by atoms with van der Waals surface area (Å²) < 4.78 is 84.8. The maximum atomic E-state index is 15.2. The smallest absolute Gasteiger partial charge is 0.171 e. The quantitative estimate of drug-likeness (QED) is 0.335. The molecule has 33 heavy (non-hydrogen) atoms. The average molecular weight is 462 g/mol. The zero-order valence-corrected chi connectivity index (χ0v) is 18.2. The van der Waals surface area contributed by atoms with Crippen molar-refractivity contribution >= 4 is 0 Å². The van der Waals surface area contributed by atoms with E-state index in [9.17, 15) is 17.6 Å². The zero-order chi connectivity index (χ0) is 23.7. The second kappa shape index (κ2) is 9.41. The van der Waals surface area contributed by atoms with Gasteiger partial charge in [-0.15, -0.1) is 0 Å². The molecule has 7 heteroatoms. The predicted octanol–water partition coefficient (Wildman–Crippen LogP) is 7.74. The summed E-state index contributed by atoms with van der Waals surface area (Å²) in [5.41, 5.74) is 0.0936. The molecule has 174 valence electrons. The van der Waals surface area contributed by atoms with Crippen molar-refractivity contribution < 1.29 is 31.4 Å². The maximum absolute atomic E-state index is 15.2. The van der Waals surface area contributed by atoms with Gasteiger partial charge in [-0.25, -0.2) is 22.0 Å². The van der Waals surface area contributed by atoms with Gasteiger partial charge >= 0.3 is 0 Å². The van der Waals surface area contributed by atoms with E-state index in [0.717, 1.165) is 18.4 Å². The first-order valence-corrected chi connectivity index (χ1v) is 10.8. The van der Waals surface area contributed by atoms with Crippen LogP contribution in [0.25, 0.3) is 11.1 Å². The lowest BCUT2D eigenvalue weighted by molar-refractivity contribution is 0.157. The number of hydrogen-bond donors (Lipinski definition) is 0. The highest BCUT2D eigenvalue weighted by Gasteiger charge is 2.40. The fourth-order valence-corrected chi connectivity index (χ4v) is 4.13. The van der Waals surface area contributed by atoms with Crippen molar-refractivity contribution in [2.24, 2.45) is 0 Å². The van der Waals surface area contributed by atoms with Crippen LogP contribution in [-0.2, 0) is 13.0 Å². The van der Waals surface area contributed by atoms with Gasteiger partial charge in [-0.3, -0.25) is 0 Å². The minimum absolute atomic E-state index is 0.0355. The molecule has 4 rings (SSSR count). The minimum atomic E-state index is -2.44. The molecule has 0 aromatic heterocycles. The molecule has 2 atom stereocenters. The number of benzene rings is 3. The van der Waals surface area contributed by atoms with Gasteiger partial charge in [0.05, 0.1) is 6.61 Å². The van der Waals surface area contributed by atoms with E-state index in [1.807, 2.05) is 6.92 Å². The maximum Gasteiger partial charge on any atom is 0.171 e. The van der Waals surface area contributed by atoms with Gasteiger partial charge in [0.15, 0.2) is 35.5 Å². The Morgan fingerprint density at radius 1 is 0.758 bits per heavy atom. The number of rotatable bonds is 7. The molecular weight excluding hydrogens is 439 g/mol. The van der Waals surface area contributed by atoms with Crippen LogP contribution in [0.4, 0.5) is 22.0 Å². The molecule has 0 N–H and O–H groups in total. The number of aryl methyl sites for hydroxylation is 1. The number of halogens is 5. The van der Waals surface area contributed by atoms with E-state index in [4.69, 9.17) is 9.47 Å². The lowest BCUT2D eigenvalue weighted by Gasteiger charge is -2.28. The van der Waals surface area contributed by atoms with Gasteiger partial charge in [-0.1, -0.05) is 37.6 Å². The molecular formula is C26H23F5O2. The molecule has 0 aliphatic heterocycles. The molecule has 0 spiro atoms. The van der Waals surface area contributed by atoms with Gasteiger partial charge in [-0.2, -0.15) is 0 Å². The third-order valence-electron chi connectivity index (χ3n) is 5.73. The Kier molecular flexibility index (Phi) is 6.58. The van der Waals surface area contributed by atoms with Crippen LogP contribution in [0.2, 0.25) is 0 Å². The van der Waals surface area contributed by atoms with Crippen LogP contribution in [0.1, 0.15) is 54.9 Å². The molecule has 0 fully saturated rings. The lowest BCUT2D eigenvalue weighted by Crippen LogP contribution is -2.16. The molecule has 0 saturated heterocycles. The Morgan fingerprint density at radius 3 is 1.85 bits per heavy atom. The first-order valence-electron chi connectivity index (χ1n) is 10.8. The molecule has 2 nitrogen and oxygen atoms in total. The van der Waals surface area contributed by atoms with E-state index in [0.29, 0.717) is 0 Å². The molecule has 0 saturated carbocycles. The third-order valence-corrected chi connectivity index (χ3v) is 5.73. The predicted molar refractivity (Wildman–Crippen MR) is 115 cm³/mol. The summed E-state index contributed by atoms with van der Waals surface area (Å²) in [7, 11) is 0. The van der Waals surface area contributed by atoms with Crippen LogP contribution < -0.4 is 9.47 Å². The largest absolute Gasteiger partial charge is 0.491 e. The van der Waals surface area contributed by atoms with Crippen molar-refractivity contribution in [3.63, 3.8) is 0 Å². The number of alkyl halides is 2. The summed E-state index contributed by atoms with van der Waals surface area (Å²) in [6.07, 6.45) is -3.25. The summed E-state index contributed by atoms with van der Waals surface area (Å²) >= 11 is 0. The molecule has 1 aliphatic rings. The fourth-order valence-electron chi connectivity index (χ4n) is 4.13. The number of hydrogen-bond acceptors (Lipinski definition) is 2. The highest BCUT2D eigenvalue weighted by Crippen LogP contribution is 2.52. The molecule has 3 aromatic rings. The normalized spacial score (nSPS) is 16.8. The minimum Gasteiger partial charge on any atom is -0.491 e. The Bertz CT molecular complexity index is 1180. The van der Waals surface area contributed by atoms with E-state index in [-0.39, 0.29) is 41.4 Å². The highest BCUT2D eigenvalue weighted by molar-refractivity contribution is 5.76. The summed E-state index contributed by atoms with van der Waals surface area (Å²) in [6.45, 7) is 3.49. The van der Waals surface area contributed by atoms with E-state index in [2.05, 4.69) is 0 Å². The van der Waals surface area contributed by atoms with Gasteiger partial charge in [-0.05, 0) is 48.2 Å². The van der Waals surface area contributed by atoms with E-state index >= 15 is 4.39 Å². The van der Waals surface area contributed by atoms with Crippen molar-refractivity contribution in [1.29, 1.82) is 0 Å². The third kappa shape index (κ3) is 4.16. The van der Waals surface area contributed by atoms with Crippen molar-refractivity contribution in [1.82, 2.24) is 0 Å². The second-order valence-electron chi connectivity index (χ2n) is 7.88. The van der Waals surface area contributed by atoms with Crippen LogP contribution in [0.3, 0.4) is 0 Å². The van der Waals surface area contributed by atoms with Gasteiger partial charge in [0.2, 0.25) is 0 Å². The molecule has 3 aromatic carbocycles. The number of ether oxygens (including phenoxy) is 2. The lowest BCUT2D eigenvalue weighted by atomic mass is 9.82. The highest BCUT2D eigenvalue weighted by atomic mass is 19.2. The zero-order valence-electron chi connectivity index (χ0n) is 18.2. The van der Waals surface area contributed by atoms with Gasteiger partial charge in [0.1, 0.15) is 12.4 Å². The van der Waals surface area contributed by atoms with E-state index in [1.54, 1.807) is 19.1 Å². The van der Waals surface area contributed by atoms with Crippen LogP contribution in [0.5, 0.6) is 11.5 Å². The monoisotopic (exact) mass is 462 g/mol. The van der Waals surface area contributed by atoms with Crippen molar-refractivity contribution in [2.45, 2.75) is 45.6 Å². The first kappa shape index (κ1) is 23.1. The molecule has 2 unspecified atom stereocenters. The van der Waals surface area contributed by atoms with Crippen LogP contribution in [0.15, 0.2) is 42.5 Å². The second-order valence-corrected chi connectivity index (χ2v) is 7.88. The topological polar surface area (TPSA) is 18.5 Å².